The molecule has 1 saturated heterocycles. The van der Waals surface area contributed by atoms with E-state index < -0.39 is 0 Å². The smallest absolute Gasteiger partial charge is 0.317 e. The molecule has 1 aliphatic heterocycles. The predicted molar refractivity (Wildman–Crippen MR) is 84.3 cm³/mol. The maximum atomic E-state index is 13.9. The second kappa shape index (κ2) is 7.03. The second-order valence-electron chi connectivity index (χ2n) is 5.93. The molecule has 1 aliphatic carbocycles. The highest BCUT2D eigenvalue weighted by molar-refractivity contribution is 6.31. The minimum atomic E-state index is -0.314. The van der Waals surface area contributed by atoms with E-state index in [9.17, 15) is 9.18 Å². The van der Waals surface area contributed by atoms with Crippen molar-refractivity contribution in [3.8, 4) is 0 Å². The third kappa shape index (κ3) is 3.76. The lowest BCUT2D eigenvalue weighted by Crippen LogP contribution is -2.51. The maximum absolute atomic E-state index is 13.9. The molecule has 0 radical (unpaired) electrons. The van der Waals surface area contributed by atoms with Crippen molar-refractivity contribution in [1.82, 2.24) is 10.2 Å². The highest BCUT2D eigenvalue weighted by atomic mass is 35.5. The van der Waals surface area contributed by atoms with Gasteiger partial charge in [0, 0.05) is 36.2 Å². The molecule has 1 saturated carbocycles. The normalized spacial score (nSPS) is 26.9. The average Bonchev–Trinajstić information content (AvgIpc) is 3.26. The van der Waals surface area contributed by atoms with Crippen LogP contribution in [-0.2, 0) is 9.47 Å². The van der Waals surface area contributed by atoms with Gasteiger partial charge in [0.25, 0.3) is 0 Å². The van der Waals surface area contributed by atoms with Gasteiger partial charge < -0.3 is 19.7 Å². The first-order valence-corrected chi connectivity index (χ1v) is 8.08. The number of benzene rings is 1. The third-order valence-corrected chi connectivity index (χ3v) is 4.58. The molecule has 0 aromatic heterocycles. The largest absolute Gasteiger partial charge is 0.382 e. The molecule has 2 amide bonds. The number of halogens is 2. The number of nitrogens with zero attached hydrogens (tertiary/aromatic N) is 1. The average molecular weight is 343 g/mol. The zero-order valence-corrected chi connectivity index (χ0v) is 13.7. The van der Waals surface area contributed by atoms with E-state index in [0.717, 1.165) is 0 Å². The van der Waals surface area contributed by atoms with Crippen LogP contribution in [0, 0.1) is 5.82 Å². The Morgan fingerprint density at radius 2 is 2.39 bits per heavy atom. The van der Waals surface area contributed by atoms with E-state index >= 15 is 0 Å². The van der Waals surface area contributed by atoms with Crippen molar-refractivity contribution in [1.29, 1.82) is 0 Å². The van der Waals surface area contributed by atoms with Gasteiger partial charge in [-0.05, 0) is 18.6 Å². The number of hydrogen-bond acceptors (Lipinski definition) is 3. The molecule has 126 valence electrons. The highest BCUT2D eigenvalue weighted by Gasteiger charge is 2.43. The number of carbonyl (C=O) groups is 1. The van der Waals surface area contributed by atoms with E-state index in [4.69, 9.17) is 21.1 Å². The minimum absolute atomic E-state index is 0.0523. The molecule has 1 aromatic rings. The van der Waals surface area contributed by atoms with Crippen LogP contribution in [-0.4, -0.2) is 56.5 Å². The second-order valence-corrected chi connectivity index (χ2v) is 6.33. The van der Waals surface area contributed by atoms with Crippen LogP contribution < -0.4 is 5.32 Å². The number of rotatable bonds is 4. The molecule has 0 bridgehead atoms. The summed E-state index contributed by atoms with van der Waals surface area (Å²) in [5, 5.41) is 3.37. The zero-order valence-electron chi connectivity index (χ0n) is 12.9. The summed E-state index contributed by atoms with van der Waals surface area (Å²) in [6.07, 6.45) is 0.605. The number of carbonyl (C=O) groups excluding carboxylic acids is 1. The number of amides is 2. The summed E-state index contributed by atoms with van der Waals surface area (Å²) in [7, 11) is 1.61. The Morgan fingerprint density at radius 1 is 1.57 bits per heavy atom. The number of morpholine rings is 1. The van der Waals surface area contributed by atoms with Crippen molar-refractivity contribution >= 4 is 17.6 Å². The van der Waals surface area contributed by atoms with E-state index in [1.165, 1.54) is 6.07 Å². The number of ether oxygens (including phenoxy) is 2. The predicted octanol–water partition coefficient (Wildman–Crippen LogP) is 2.39. The van der Waals surface area contributed by atoms with Crippen LogP contribution >= 0.6 is 11.6 Å². The summed E-state index contributed by atoms with van der Waals surface area (Å²) < 4.78 is 24.5. The van der Waals surface area contributed by atoms with Gasteiger partial charge in [0.15, 0.2) is 0 Å². The standard InChI is InChI=1S/C16H20ClFN2O3/c1-22-9-10-8-20(5-6-23-10)16(21)19-14-7-11(14)15-12(17)3-2-4-13(15)18/h2-4,10-11,14H,5-9H2,1H3,(H,19,21)/t10?,11-,14-/m1/s1. The fourth-order valence-electron chi connectivity index (χ4n) is 2.98. The van der Waals surface area contributed by atoms with E-state index in [1.807, 2.05) is 0 Å². The first-order valence-electron chi connectivity index (χ1n) is 7.70. The lowest BCUT2D eigenvalue weighted by atomic mass is 10.1. The Kier molecular flexibility index (Phi) is 5.04. The lowest BCUT2D eigenvalue weighted by molar-refractivity contribution is -0.0494. The number of methoxy groups -OCH3 is 1. The Morgan fingerprint density at radius 3 is 3.13 bits per heavy atom. The topological polar surface area (TPSA) is 50.8 Å². The molecule has 7 heteroatoms. The maximum Gasteiger partial charge on any atom is 0.317 e. The minimum Gasteiger partial charge on any atom is -0.382 e. The van der Waals surface area contributed by atoms with E-state index in [1.54, 1.807) is 24.1 Å². The fraction of sp³-hybridized carbons (Fsp3) is 0.562. The molecule has 5 nitrogen and oxygen atoms in total. The van der Waals surface area contributed by atoms with Crippen LogP contribution in [0.5, 0.6) is 0 Å². The Hall–Kier alpha value is -1.37. The van der Waals surface area contributed by atoms with Crippen LogP contribution in [0.25, 0.3) is 0 Å². The van der Waals surface area contributed by atoms with Gasteiger partial charge in [-0.15, -0.1) is 0 Å². The summed E-state index contributed by atoms with van der Waals surface area (Å²) in [5.74, 6) is -0.366. The van der Waals surface area contributed by atoms with E-state index in [-0.39, 0.29) is 29.9 Å². The van der Waals surface area contributed by atoms with Crippen molar-refractivity contribution in [3.05, 3.63) is 34.6 Å². The van der Waals surface area contributed by atoms with Crippen molar-refractivity contribution in [2.75, 3.05) is 33.4 Å². The lowest BCUT2D eigenvalue weighted by Gasteiger charge is -2.32. The molecule has 3 rings (SSSR count). The van der Waals surface area contributed by atoms with Gasteiger partial charge in [-0.25, -0.2) is 9.18 Å². The van der Waals surface area contributed by atoms with Crippen LogP contribution in [0.15, 0.2) is 18.2 Å². The van der Waals surface area contributed by atoms with Crippen LogP contribution in [0.2, 0.25) is 5.02 Å². The third-order valence-electron chi connectivity index (χ3n) is 4.25. The van der Waals surface area contributed by atoms with E-state index in [0.29, 0.717) is 43.3 Å². The first kappa shape index (κ1) is 16.5. The van der Waals surface area contributed by atoms with Crippen molar-refractivity contribution in [2.24, 2.45) is 0 Å². The van der Waals surface area contributed by atoms with Gasteiger partial charge in [0.2, 0.25) is 0 Å². The fourth-order valence-corrected chi connectivity index (χ4v) is 3.28. The van der Waals surface area contributed by atoms with Gasteiger partial charge in [-0.3, -0.25) is 0 Å². The first-order chi connectivity index (χ1) is 11.1. The number of hydrogen-bond donors (Lipinski definition) is 1. The van der Waals surface area contributed by atoms with Crippen molar-refractivity contribution in [2.45, 2.75) is 24.5 Å². The van der Waals surface area contributed by atoms with Gasteiger partial charge in [-0.2, -0.15) is 0 Å². The van der Waals surface area contributed by atoms with Crippen molar-refractivity contribution in [3.63, 3.8) is 0 Å². The molecule has 1 unspecified atom stereocenters. The summed E-state index contributed by atoms with van der Waals surface area (Å²) in [6.45, 7) is 2.00. The quantitative estimate of drug-likeness (QED) is 0.914. The molecule has 1 aromatic carbocycles. The van der Waals surface area contributed by atoms with Crippen LogP contribution in [0.1, 0.15) is 17.9 Å². The number of urea groups is 1. The molecule has 3 atom stereocenters. The van der Waals surface area contributed by atoms with Gasteiger partial charge >= 0.3 is 6.03 Å². The highest BCUT2D eigenvalue weighted by Crippen LogP contribution is 2.44. The molecule has 2 fully saturated rings. The summed E-state index contributed by atoms with van der Waals surface area (Å²) in [5.41, 5.74) is 0.499. The SMILES string of the molecule is COCC1CN(C(=O)N[C@@H]2C[C@H]2c2c(F)cccc2Cl)CCO1. The Labute approximate surface area is 139 Å². The molecular formula is C16H20ClFN2O3. The number of nitrogens with one attached hydrogen (secondary N) is 1. The Balaban J connectivity index is 1.56. The molecule has 2 aliphatic rings. The Bertz CT molecular complexity index is 564. The molecule has 23 heavy (non-hydrogen) atoms. The van der Waals surface area contributed by atoms with Crippen LogP contribution in [0.3, 0.4) is 0 Å². The van der Waals surface area contributed by atoms with Gasteiger partial charge in [-0.1, -0.05) is 17.7 Å². The monoisotopic (exact) mass is 342 g/mol. The van der Waals surface area contributed by atoms with Crippen molar-refractivity contribution < 1.29 is 18.7 Å². The molecule has 1 heterocycles. The summed E-state index contributed by atoms with van der Waals surface area (Å²) >= 11 is 6.08. The summed E-state index contributed by atoms with van der Waals surface area (Å²) in [4.78, 5) is 14.1. The molecule has 0 spiro atoms. The van der Waals surface area contributed by atoms with Gasteiger partial charge in [0.1, 0.15) is 5.82 Å². The van der Waals surface area contributed by atoms with Crippen LogP contribution in [0.4, 0.5) is 9.18 Å². The molecular weight excluding hydrogens is 323 g/mol. The van der Waals surface area contributed by atoms with E-state index in [2.05, 4.69) is 5.32 Å². The van der Waals surface area contributed by atoms with Gasteiger partial charge in [0.05, 0.1) is 25.9 Å². The zero-order chi connectivity index (χ0) is 16.4. The molecule has 1 N–H and O–H groups in total. The summed E-state index contributed by atoms with van der Waals surface area (Å²) in [6, 6.07) is 4.44.